The standard InChI is InChI=1S/2Cs.Mn.4O/q2*+1;;4*-2. The van der Waals surface area contributed by atoms with Crippen LogP contribution in [-0.2, 0) is 39.0 Å². The summed E-state index contributed by atoms with van der Waals surface area (Å²) in [5, 5.41) is 0. The van der Waals surface area contributed by atoms with Gasteiger partial charge in [0, 0.05) is 17.1 Å². The maximum Gasteiger partial charge on any atom is 1.00 e. The van der Waals surface area contributed by atoms with Crippen LogP contribution in [0.3, 0.4) is 0 Å². The van der Waals surface area contributed by atoms with Crippen molar-refractivity contribution in [3.63, 3.8) is 0 Å². The van der Waals surface area contributed by atoms with Crippen molar-refractivity contribution in [2.24, 2.45) is 0 Å². The summed E-state index contributed by atoms with van der Waals surface area (Å²) >= 11 is 0. The number of hydrogen-bond acceptors (Lipinski definition) is 0. The minimum absolute atomic E-state index is 0. The molecule has 0 aromatic heterocycles. The third-order valence-corrected chi connectivity index (χ3v) is 0. The van der Waals surface area contributed by atoms with E-state index >= 15 is 0 Å². The monoisotopic (exact) mass is 385 g/mol. The Labute approximate surface area is 170 Å². The summed E-state index contributed by atoms with van der Waals surface area (Å²) in [6.07, 6.45) is 0. The molecule has 0 heterocycles. The van der Waals surface area contributed by atoms with E-state index in [1.165, 1.54) is 0 Å². The van der Waals surface area contributed by atoms with Gasteiger partial charge in [-0.05, 0) is 0 Å². The number of rotatable bonds is 0. The molecule has 0 bridgehead atoms. The van der Waals surface area contributed by atoms with E-state index in [0.29, 0.717) is 0 Å². The Morgan fingerprint density at radius 1 is 0.429 bits per heavy atom. The van der Waals surface area contributed by atoms with E-state index in [1.54, 1.807) is 0 Å². The SMILES string of the molecule is [Cs+].[Cs+].[Mn].[O-2].[O-2].[O-2].[O-2]. The Balaban J connectivity index is 0. The van der Waals surface area contributed by atoms with E-state index < -0.39 is 0 Å². The summed E-state index contributed by atoms with van der Waals surface area (Å²) in [6.45, 7) is 0. The van der Waals surface area contributed by atoms with Crippen molar-refractivity contribution >= 4 is 0 Å². The maximum absolute atomic E-state index is 0. The summed E-state index contributed by atoms with van der Waals surface area (Å²) in [5.74, 6) is 0. The minimum Gasteiger partial charge on any atom is -2.00 e. The molecule has 0 amide bonds. The smallest absolute Gasteiger partial charge is 1.00 e. The van der Waals surface area contributed by atoms with Gasteiger partial charge < -0.3 is 21.9 Å². The zero-order chi connectivity index (χ0) is 0. The van der Waals surface area contributed by atoms with Crippen molar-refractivity contribution in [2.45, 2.75) is 0 Å². The van der Waals surface area contributed by atoms with Gasteiger partial charge in [0.25, 0.3) is 0 Å². The molecule has 0 rings (SSSR count). The van der Waals surface area contributed by atoms with Gasteiger partial charge in [0.2, 0.25) is 0 Å². The van der Waals surface area contributed by atoms with Gasteiger partial charge in [-0.25, -0.2) is 0 Å². The maximum atomic E-state index is 0. The Hall–Kier alpha value is 4.46. The predicted octanol–water partition coefficient (Wildman–Crippen LogP) is -6.47. The van der Waals surface area contributed by atoms with E-state index in [0.717, 1.165) is 0 Å². The van der Waals surface area contributed by atoms with Crippen LogP contribution >= 0.6 is 0 Å². The first-order valence-corrected chi connectivity index (χ1v) is 0. The normalized spacial score (nSPS) is 0. The van der Waals surface area contributed by atoms with Crippen molar-refractivity contribution in [3.05, 3.63) is 0 Å². The summed E-state index contributed by atoms with van der Waals surface area (Å²) in [4.78, 5) is 0. The van der Waals surface area contributed by atoms with Gasteiger partial charge >= 0.3 is 138 Å². The van der Waals surface area contributed by atoms with Crippen LogP contribution in [0.4, 0.5) is 0 Å². The first-order valence-electron chi connectivity index (χ1n) is 0. The molecule has 1 radical (unpaired) electrons. The molecule has 7 heteroatoms. The van der Waals surface area contributed by atoms with Crippen LogP contribution in [0.5, 0.6) is 0 Å². The molecule has 0 fully saturated rings. The zero-order valence-electron chi connectivity index (χ0n) is 4.01. The number of hydrogen-bond donors (Lipinski definition) is 0. The molecule has 4 nitrogen and oxygen atoms in total. The second kappa shape index (κ2) is 47.0. The van der Waals surface area contributed by atoms with Crippen molar-refractivity contribution in [1.82, 2.24) is 0 Å². The van der Waals surface area contributed by atoms with Crippen LogP contribution in [0.25, 0.3) is 0 Å². The topological polar surface area (TPSA) is 114 Å². The quantitative estimate of drug-likeness (QED) is 0.370. The van der Waals surface area contributed by atoms with E-state index in [4.69, 9.17) is 0 Å². The molecule has 0 aliphatic rings. The second-order valence-corrected chi connectivity index (χ2v) is 0. The molecule has 39 valence electrons. The third kappa shape index (κ3) is 37.6. The average Bonchev–Trinajstić information content (AvgIpc) is 0. The summed E-state index contributed by atoms with van der Waals surface area (Å²) in [7, 11) is 0. The van der Waals surface area contributed by atoms with Gasteiger partial charge in [0.05, 0.1) is 0 Å². The molecule has 0 saturated heterocycles. The Bertz CT molecular complexity index is 9.65. The average molecular weight is 385 g/mol. The first kappa shape index (κ1) is 63.0. The Kier molecular flexibility index (Phi) is 423. The molecule has 0 spiro atoms. The third-order valence-electron chi connectivity index (χ3n) is 0. The zero-order valence-corrected chi connectivity index (χ0v) is 17.8. The van der Waals surface area contributed by atoms with Crippen LogP contribution in [0, 0.1) is 0 Å². The molecule has 0 saturated carbocycles. The first-order chi connectivity index (χ1) is 0. The van der Waals surface area contributed by atoms with Crippen molar-refractivity contribution in [2.75, 3.05) is 0 Å². The summed E-state index contributed by atoms with van der Waals surface area (Å²) in [6, 6.07) is 0. The Morgan fingerprint density at radius 3 is 0.429 bits per heavy atom. The molecule has 0 N–H and O–H groups in total. The fraction of sp³-hybridized carbons (Fsp3) is 0. The minimum atomic E-state index is 0. The fourth-order valence-corrected chi connectivity index (χ4v) is 0. The van der Waals surface area contributed by atoms with Gasteiger partial charge in [-0.15, -0.1) is 0 Å². The van der Waals surface area contributed by atoms with Crippen LogP contribution in [-0.4, -0.2) is 0 Å². The van der Waals surface area contributed by atoms with Crippen LogP contribution in [0.1, 0.15) is 0 Å². The molecule has 0 aliphatic carbocycles. The van der Waals surface area contributed by atoms with Crippen molar-refractivity contribution in [3.8, 4) is 0 Å². The largest absolute Gasteiger partial charge is 2.00 e. The van der Waals surface area contributed by atoms with Gasteiger partial charge in [-0.3, -0.25) is 0 Å². The van der Waals surface area contributed by atoms with Crippen molar-refractivity contribution < 1.29 is 177 Å². The second-order valence-electron chi connectivity index (χ2n) is 0. The fourth-order valence-electron chi connectivity index (χ4n) is 0. The van der Waals surface area contributed by atoms with E-state index in [2.05, 4.69) is 0 Å². The van der Waals surface area contributed by atoms with Gasteiger partial charge in [-0.1, -0.05) is 0 Å². The molecule has 7 heavy (non-hydrogen) atoms. The van der Waals surface area contributed by atoms with E-state index in [9.17, 15) is 0 Å². The van der Waals surface area contributed by atoms with E-state index in [-0.39, 0.29) is 177 Å². The van der Waals surface area contributed by atoms with Crippen LogP contribution in [0.15, 0.2) is 0 Å². The molecule has 0 aliphatic heterocycles. The summed E-state index contributed by atoms with van der Waals surface area (Å²) in [5.41, 5.74) is 0. The molecular weight excluding hydrogens is 385 g/mol. The predicted molar refractivity (Wildman–Crippen MR) is 2.75 cm³/mol. The van der Waals surface area contributed by atoms with E-state index in [1.807, 2.05) is 0 Å². The van der Waals surface area contributed by atoms with Gasteiger partial charge in [0.15, 0.2) is 0 Å². The Morgan fingerprint density at radius 2 is 0.429 bits per heavy atom. The molecule has 0 atom stereocenters. The van der Waals surface area contributed by atoms with Crippen LogP contribution < -0.4 is 138 Å². The molecule has 0 aromatic carbocycles. The summed E-state index contributed by atoms with van der Waals surface area (Å²) < 4.78 is 0. The van der Waals surface area contributed by atoms with Crippen LogP contribution in [0.2, 0.25) is 0 Å². The molecular formula is Cs2MnO4-6. The van der Waals surface area contributed by atoms with Gasteiger partial charge in [-0.2, -0.15) is 0 Å². The van der Waals surface area contributed by atoms with Crippen molar-refractivity contribution in [1.29, 1.82) is 0 Å². The molecule has 0 aromatic rings. The molecule has 0 unspecified atom stereocenters. The van der Waals surface area contributed by atoms with Gasteiger partial charge in [0.1, 0.15) is 0 Å².